The first kappa shape index (κ1) is 19.4. The summed E-state index contributed by atoms with van der Waals surface area (Å²) in [6.07, 6.45) is 0. The van der Waals surface area contributed by atoms with E-state index in [0.717, 1.165) is 24.3 Å². The molecule has 5 nitrogen and oxygen atoms in total. The van der Waals surface area contributed by atoms with Gasteiger partial charge in [-0.2, -0.15) is 0 Å². The molecule has 0 aliphatic rings. The Kier molecular flexibility index (Phi) is 5.05. The standard InChI is InChI=1S/C22H14F3N3O2/c23-14-5-3-4-13(10-14)21(30)22-27-17-6-1-2-7-19(17)28(22)12-20(29)26-18-11-15(24)8-9-16(18)25/h1-11H,12H2,(H,26,29). The van der Waals surface area contributed by atoms with Gasteiger partial charge in [0.25, 0.3) is 0 Å². The Morgan fingerprint density at radius 1 is 0.900 bits per heavy atom. The van der Waals surface area contributed by atoms with Crippen molar-refractivity contribution < 1.29 is 22.8 Å². The van der Waals surface area contributed by atoms with Crippen LogP contribution in [0.4, 0.5) is 18.9 Å². The van der Waals surface area contributed by atoms with Crippen molar-refractivity contribution in [2.45, 2.75) is 6.54 Å². The summed E-state index contributed by atoms with van der Waals surface area (Å²) in [5, 5.41) is 2.30. The van der Waals surface area contributed by atoms with E-state index in [-0.39, 0.29) is 23.6 Å². The molecule has 0 saturated heterocycles. The van der Waals surface area contributed by atoms with Gasteiger partial charge in [-0.25, -0.2) is 18.2 Å². The Balaban J connectivity index is 1.71. The average molecular weight is 409 g/mol. The number of hydrogen-bond acceptors (Lipinski definition) is 3. The Labute approximate surface area is 168 Å². The summed E-state index contributed by atoms with van der Waals surface area (Å²) in [6, 6.07) is 14.6. The van der Waals surface area contributed by atoms with Crippen molar-refractivity contribution in [1.82, 2.24) is 9.55 Å². The maximum absolute atomic E-state index is 13.8. The third kappa shape index (κ3) is 3.80. The normalized spacial score (nSPS) is 10.9. The summed E-state index contributed by atoms with van der Waals surface area (Å²) < 4.78 is 42.1. The zero-order valence-electron chi connectivity index (χ0n) is 15.4. The summed E-state index contributed by atoms with van der Waals surface area (Å²) in [5.74, 6) is -3.41. The van der Waals surface area contributed by atoms with Crippen LogP contribution in [0.2, 0.25) is 0 Å². The van der Waals surface area contributed by atoms with Gasteiger partial charge in [-0.1, -0.05) is 24.3 Å². The van der Waals surface area contributed by atoms with Crippen LogP contribution in [0.1, 0.15) is 16.2 Å². The maximum Gasteiger partial charge on any atom is 0.244 e. The summed E-state index contributed by atoms with van der Waals surface area (Å²) in [7, 11) is 0. The molecule has 0 unspecified atom stereocenters. The van der Waals surface area contributed by atoms with Crippen LogP contribution in [0.5, 0.6) is 0 Å². The lowest BCUT2D eigenvalue weighted by Crippen LogP contribution is -2.22. The Hall–Kier alpha value is -3.94. The second kappa shape index (κ2) is 7.82. The fourth-order valence-corrected chi connectivity index (χ4v) is 3.09. The van der Waals surface area contributed by atoms with E-state index in [1.54, 1.807) is 24.3 Å². The number of hydrogen-bond donors (Lipinski definition) is 1. The van der Waals surface area contributed by atoms with Crippen LogP contribution in [-0.4, -0.2) is 21.2 Å². The van der Waals surface area contributed by atoms with Gasteiger partial charge in [0.15, 0.2) is 5.82 Å². The number of imidazole rings is 1. The molecule has 150 valence electrons. The van der Waals surface area contributed by atoms with Gasteiger partial charge in [-0.05, 0) is 36.4 Å². The topological polar surface area (TPSA) is 64.0 Å². The Bertz CT molecular complexity index is 1280. The number of anilines is 1. The number of fused-ring (bicyclic) bond motifs is 1. The van der Waals surface area contributed by atoms with Gasteiger partial charge in [0, 0.05) is 11.6 Å². The highest BCUT2D eigenvalue weighted by molar-refractivity contribution is 6.08. The number of nitrogens with one attached hydrogen (secondary N) is 1. The molecule has 8 heteroatoms. The molecule has 4 rings (SSSR count). The molecule has 0 aliphatic carbocycles. The maximum atomic E-state index is 13.8. The average Bonchev–Trinajstić information content (AvgIpc) is 3.08. The molecule has 0 aliphatic heterocycles. The molecule has 1 amide bonds. The predicted molar refractivity (Wildman–Crippen MR) is 105 cm³/mol. The zero-order chi connectivity index (χ0) is 21.3. The van der Waals surface area contributed by atoms with Gasteiger partial charge in [-0.15, -0.1) is 0 Å². The molecule has 1 N–H and O–H groups in total. The highest BCUT2D eigenvalue weighted by Gasteiger charge is 2.21. The number of ketones is 1. The summed E-state index contributed by atoms with van der Waals surface area (Å²) in [6.45, 7) is -0.382. The second-order valence-corrected chi connectivity index (χ2v) is 6.52. The summed E-state index contributed by atoms with van der Waals surface area (Å²) in [5.41, 5.74) is 0.708. The lowest BCUT2D eigenvalue weighted by Gasteiger charge is -2.10. The molecule has 4 aromatic rings. The highest BCUT2D eigenvalue weighted by atomic mass is 19.1. The van der Waals surface area contributed by atoms with Crippen LogP contribution in [0.3, 0.4) is 0 Å². The van der Waals surface area contributed by atoms with Crippen LogP contribution in [0, 0.1) is 17.5 Å². The SMILES string of the molecule is O=C(Cn1c(C(=O)c2cccc(F)c2)nc2ccccc21)Nc1cc(F)ccc1F. The van der Waals surface area contributed by atoms with Crippen LogP contribution in [0.25, 0.3) is 11.0 Å². The van der Waals surface area contributed by atoms with Gasteiger partial charge < -0.3 is 9.88 Å². The Morgan fingerprint density at radius 2 is 1.67 bits per heavy atom. The first-order valence-electron chi connectivity index (χ1n) is 8.93. The third-order valence-electron chi connectivity index (χ3n) is 4.45. The lowest BCUT2D eigenvalue weighted by atomic mass is 10.1. The summed E-state index contributed by atoms with van der Waals surface area (Å²) in [4.78, 5) is 29.8. The van der Waals surface area contributed by atoms with Crippen molar-refractivity contribution in [2.24, 2.45) is 0 Å². The minimum absolute atomic E-state index is 0.0724. The van der Waals surface area contributed by atoms with E-state index in [1.807, 2.05) is 0 Å². The molecule has 0 spiro atoms. The van der Waals surface area contributed by atoms with E-state index < -0.39 is 29.1 Å². The van der Waals surface area contributed by atoms with Crippen LogP contribution < -0.4 is 5.32 Å². The predicted octanol–water partition coefficient (Wildman–Crippen LogP) is 4.32. The minimum Gasteiger partial charge on any atom is -0.322 e. The van der Waals surface area contributed by atoms with Crippen molar-refractivity contribution in [3.05, 3.63) is 95.6 Å². The molecule has 0 fully saturated rings. The van der Waals surface area contributed by atoms with Crippen LogP contribution in [0.15, 0.2) is 66.7 Å². The van der Waals surface area contributed by atoms with Gasteiger partial charge in [0.2, 0.25) is 11.7 Å². The van der Waals surface area contributed by atoms with E-state index in [4.69, 9.17) is 0 Å². The van der Waals surface area contributed by atoms with Crippen molar-refractivity contribution in [3.8, 4) is 0 Å². The zero-order valence-corrected chi connectivity index (χ0v) is 15.4. The lowest BCUT2D eigenvalue weighted by molar-refractivity contribution is -0.116. The van der Waals surface area contributed by atoms with E-state index in [2.05, 4.69) is 10.3 Å². The number of benzene rings is 3. The van der Waals surface area contributed by atoms with Gasteiger partial charge in [0.05, 0.1) is 16.7 Å². The van der Waals surface area contributed by atoms with E-state index in [1.165, 1.54) is 22.8 Å². The highest BCUT2D eigenvalue weighted by Crippen LogP contribution is 2.20. The fourth-order valence-electron chi connectivity index (χ4n) is 3.09. The van der Waals surface area contributed by atoms with Crippen molar-refractivity contribution in [1.29, 1.82) is 0 Å². The molecule has 0 radical (unpaired) electrons. The summed E-state index contributed by atoms with van der Waals surface area (Å²) >= 11 is 0. The van der Waals surface area contributed by atoms with Gasteiger partial charge in [-0.3, -0.25) is 9.59 Å². The smallest absolute Gasteiger partial charge is 0.244 e. The number of carbonyl (C=O) groups is 2. The molecular weight excluding hydrogens is 395 g/mol. The Morgan fingerprint density at radius 3 is 2.47 bits per heavy atom. The number of rotatable bonds is 5. The molecular formula is C22H14F3N3O2. The van der Waals surface area contributed by atoms with Crippen molar-refractivity contribution >= 4 is 28.4 Å². The number of aromatic nitrogens is 2. The molecule has 1 aromatic heterocycles. The monoisotopic (exact) mass is 409 g/mol. The van der Waals surface area contributed by atoms with E-state index in [0.29, 0.717) is 11.0 Å². The van der Waals surface area contributed by atoms with E-state index >= 15 is 0 Å². The molecule has 1 heterocycles. The number of carbonyl (C=O) groups excluding carboxylic acids is 2. The largest absolute Gasteiger partial charge is 0.322 e. The number of amides is 1. The molecule has 0 saturated carbocycles. The van der Waals surface area contributed by atoms with Crippen molar-refractivity contribution in [3.63, 3.8) is 0 Å². The number of halogens is 3. The molecule has 0 atom stereocenters. The molecule has 0 bridgehead atoms. The van der Waals surface area contributed by atoms with Gasteiger partial charge >= 0.3 is 0 Å². The van der Waals surface area contributed by atoms with Gasteiger partial charge in [0.1, 0.15) is 24.0 Å². The second-order valence-electron chi connectivity index (χ2n) is 6.52. The molecule has 30 heavy (non-hydrogen) atoms. The quantitative estimate of drug-likeness (QED) is 0.499. The van der Waals surface area contributed by atoms with E-state index in [9.17, 15) is 22.8 Å². The third-order valence-corrected chi connectivity index (χ3v) is 4.45. The minimum atomic E-state index is -0.795. The van der Waals surface area contributed by atoms with Crippen molar-refractivity contribution in [2.75, 3.05) is 5.32 Å². The number of nitrogens with zero attached hydrogens (tertiary/aromatic N) is 2. The van der Waals surface area contributed by atoms with Crippen LogP contribution >= 0.6 is 0 Å². The fraction of sp³-hybridized carbons (Fsp3) is 0.0455. The first-order valence-corrected chi connectivity index (χ1v) is 8.93. The number of para-hydroxylation sites is 2. The first-order chi connectivity index (χ1) is 14.4. The van der Waals surface area contributed by atoms with Crippen LogP contribution in [-0.2, 0) is 11.3 Å². The molecule has 3 aromatic carbocycles.